The Kier molecular flexibility index (Phi) is 4.82. The Morgan fingerprint density at radius 3 is 2.71 bits per heavy atom. The van der Waals surface area contributed by atoms with Crippen LogP contribution in [0.3, 0.4) is 0 Å². The minimum absolute atomic E-state index is 0.0804. The quantitative estimate of drug-likeness (QED) is 0.484. The fraction of sp³-hybridized carbons (Fsp3) is 0.0500. The van der Waals surface area contributed by atoms with E-state index in [0.717, 1.165) is 26.7 Å². The van der Waals surface area contributed by atoms with Crippen molar-refractivity contribution in [2.45, 2.75) is 6.92 Å². The van der Waals surface area contributed by atoms with E-state index in [-0.39, 0.29) is 5.56 Å². The van der Waals surface area contributed by atoms with Crippen LogP contribution in [0.25, 0.3) is 21.3 Å². The fourth-order valence-corrected chi connectivity index (χ4v) is 4.41. The van der Waals surface area contributed by atoms with Gasteiger partial charge in [0.15, 0.2) is 0 Å². The van der Waals surface area contributed by atoms with E-state index in [9.17, 15) is 14.0 Å². The molecule has 0 atom stereocenters. The van der Waals surface area contributed by atoms with Gasteiger partial charge in [0.25, 0.3) is 11.5 Å². The molecule has 5 nitrogen and oxygen atoms in total. The number of nitrogens with one attached hydrogen (secondary N) is 1. The Labute approximate surface area is 171 Å². The largest absolute Gasteiger partial charge is 0.281 e. The van der Waals surface area contributed by atoms with Gasteiger partial charge in [-0.3, -0.25) is 15.0 Å². The van der Waals surface area contributed by atoms with Crippen molar-refractivity contribution < 1.29 is 9.18 Å². The number of aryl methyl sites for hydroxylation is 1. The summed E-state index contributed by atoms with van der Waals surface area (Å²) in [6.45, 7) is 1.93. The molecule has 0 saturated heterocycles. The molecule has 2 heterocycles. The van der Waals surface area contributed by atoms with Gasteiger partial charge in [-0.1, -0.05) is 30.3 Å². The number of rotatable bonds is 3. The first-order chi connectivity index (χ1) is 13.5. The molecule has 0 unspecified atom stereocenters. The molecule has 2 aromatic carbocycles. The standard InChI is InChI=1S/C20H13BrFN3O2S/c1-11-16(12-5-3-2-4-6-12)17-19(28-11)23-10-25(20(17)27)24-18(26)14-9-13(22)7-8-15(14)21/h2-10H,1H3,(H,24,26). The first-order valence-corrected chi connectivity index (χ1v) is 9.89. The fourth-order valence-electron chi connectivity index (χ4n) is 2.98. The molecule has 0 aliphatic carbocycles. The highest BCUT2D eigenvalue weighted by atomic mass is 79.9. The molecule has 0 fully saturated rings. The summed E-state index contributed by atoms with van der Waals surface area (Å²) < 4.78 is 14.9. The van der Waals surface area contributed by atoms with Crippen LogP contribution in [0.2, 0.25) is 0 Å². The SMILES string of the molecule is Cc1sc2ncn(NC(=O)c3cc(F)ccc3Br)c(=O)c2c1-c1ccccc1. The summed E-state index contributed by atoms with van der Waals surface area (Å²) in [5, 5.41) is 0.440. The van der Waals surface area contributed by atoms with Gasteiger partial charge in [0, 0.05) is 14.9 Å². The van der Waals surface area contributed by atoms with Crippen LogP contribution in [-0.4, -0.2) is 15.6 Å². The zero-order valence-electron chi connectivity index (χ0n) is 14.6. The number of nitrogens with zero attached hydrogens (tertiary/aromatic N) is 2. The maximum atomic E-state index is 13.5. The average Bonchev–Trinajstić information content (AvgIpc) is 3.03. The molecular weight excluding hydrogens is 445 g/mol. The highest BCUT2D eigenvalue weighted by molar-refractivity contribution is 9.10. The maximum Gasteiger partial charge on any atom is 0.281 e. The number of amides is 1. The van der Waals surface area contributed by atoms with Gasteiger partial charge in [-0.15, -0.1) is 11.3 Å². The van der Waals surface area contributed by atoms with E-state index in [1.807, 2.05) is 37.3 Å². The van der Waals surface area contributed by atoms with E-state index < -0.39 is 17.3 Å². The summed E-state index contributed by atoms with van der Waals surface area (Å²) in [7, 11) is 0. The molecule has 1 N–H and O–H groups in total. The Balaban J connectivity index is 1.81. The molecule has 1 amide bonds. The van der Waals surface area contributed by atoms with Crippen molar-refractivity contribution in [3.63, 3.8) is 0 Å². The number of benzene rings is 2. The number of carbonyl (C=O) groups excluding carboxylic acids is 1. The summed E-state index contributed by atoms with van der Waals surface area (Å²) in [5.41, 5.74) is 3.88. The molecule has 0 radical (unpaired) electrons. The van der Waals surface area contributed by atoms with Crippen molar-refractivity contribution in [3.05, 3.63) is 85.9 Å². The molecule has 140 valence electrons. The molecule has 4 rings (SSSR count). The lowest BCUT2D eigenvalue weighted by Gasteiger charge is -2.09. The third kappa shape index (κ3) is 3.25. The third-order valence-electron chi connectivity index (χ3n) is 4.25. The van der Waals surface area contributed by atoms with Crippen LogP contribution in [0.1, 0.15) is 15.2 Å². The predicted octanol–water partition coefficient (Wildman–Crippen LogP) is 4.72. The lowest BCUT2D eigenvalue weighted by molar-refractivity contribution is 0.101. The number of halogens is 2. The summed E-state index contributed by atoms with van der Waals surface area (Å²) >= 11 is 4.64. The number of fused-ring (bicyclic) bond motifs is 1. The van der Waals surface area contributed by atoms with E-state index in [2.05, 4.69) is 26.3 Å². The van der Waals surface area contributed by atoms with Crippen LogP contribution in [-0.2, 0) is 0 Å². The van der Waals surface area contributed by atoms with Gasteiger partial charge in [0.1, 0.15) is 17.0 Å². The third-order valence-corrected chi connectivity index (χ3v) is 5.95. The molecular formula is C20H13BrFN3O2S. The normalized spacial score (nSPS) is 11.0. The highest BCUT2D eigenvalue weighted by Crippen LogP contribution is 2.35. The van der Waals surface area contributed by atoms with Gasteiger partial charge in [0.2, 0.25) is 0 Å². The maximum absolute atomic E-state index is 13.5. The number of hydrogen-bond donors (Lipinski definition) is 1. The van der Waals surface area contributed by atoms with Crippen molar-refractivity contribution in [2.75, 3.05) is 5.43 Å². The number of aromatic nitrogens is 2. The second-order valence-electron chi connectivity index (χ2n) is 6.06. The average molecular weight is 458 g/mol. The lowest BCUT2D eigenvalue weighted by atomic mass is 10.0. The van der Waals surface area contributed by atoms with Crippen molar-refractivity contribution in [1.29, 1.82) is 0 Å². The molecule has 28 heavy (non-hydrogen) atoms. The summed E-state index contributed by atoms with van der Waals surface area (Å²) in [4.78, 5) is 31.5. The van der Waals surface area contributed by atoms with Gasteiger partial charge >= 0.3 is 0 Å². The summed E-state index contributed by atoms with van der Waals surface area (Å²) in [5.74, 6) is -1.17. The van der Waals surface area contributed by atoms with E-state index in [4.69, 9.17) is 0 Å². The Morgan fingerprint density at radius 1 is 1.21 bits per heavy atom. The zero-order valence-corrected chi connectivity index (χ0v) is 17.0. The first kappa shape index (κ1) is 18.5. The number of carbonyl (C=O) groups is 1. The second kappa shape index (κ2) is 7.29. The topological polar surface area (TPSA) is 64.0 Å². The Hall–Kier alpha value is -2.84. The number of thiophene rings is 1. The van der Waals surface area contributed by atoms with Crippen LogP contribution >= 0.6 is 27.3 Å². The minimum atomic E-state index is -0.622. The van der Waals surface area contributed by atoms with Gasteiger partial charge in [-0.2, -0.15) is 0 Å². The highest BCUT2D eigenvalue weighted by Gasteiger charge is 2.18. The molecule has 0 aliphatic heterocycles. The van der Waals surface area contributed by atoms with Crippen LogP contribution in [0, 0.1) is 12.7 Å². The predicted molar refractivity (Wildman–Crippen MR) is 112 cm³/mol. The number of hydrogen-bond acceptors (Lipinski definition) is 4. The van der Waals surface area contributed by atoms with Crippen LogP contribution in [0.15, 0.2) is 64.1 Å². The molecule has 0 bridgehead atoms. The van der Waals surface area contributed by atoms with Crippen LogP contribution in [0.4, 0.5) is 4.39 Å². The van der Waals surface area contributed by atoms with Crippen molar-refractivity contribution >= 4 is 43.4 Å². The van der Waals surface area contributed by atoms with E-state index >= 15 is 0 Å². The zero-order chi connectivity index (χ0) is 19.8. The lowest BCUT2D eigenvalue weighted by Crippen LogP contribution is -2.33. The molecule has 0 aliphatic rings. The minimum Gasteiger partial charge on any atom is -0.267 e. The van der Waals surface area contributed by atoms with Crippen LogP contribution < -0.4 is 11.0 Å². The Bertz CT molecular complexity index is 1270. The van der Waals surface area contributed by atoms with Gasteiger partial charge in [-0.25, -0.2) is 14.1 Å². The first-order valence-electron chi connectivity index (χ1n) is 8.28. The Morgan fingerprint density at radius 2 is 1.96 bits per heavy atom. The monoisotopic (exact) mass is 457 g/mol. The summed E-state index contributed by atoms with van der Waals surface area (Å²) in [6, 6.07) is 13.3. The van der Waals surface area contributed by atoms with Gasteiger partial charge < -0.3 is 0 Å². The van der Waals surface area contributed by atoms with Gasteiger partial charge in [-0.05, 0) is 46.6 Å². The van der Waals surface area contributed by atoms with Crippen molar-refractivity contribution in [3.8, 4) is 11.1 Å². The smallest absolute Gasteiger partial charge is 0.267 e. The molecule has 0 saturated carbocycles. The summed E-state index contributed by atoms with van der Waals surface area (Å²) in [6.07, 6.45) is 1.26. The van der Waals surface area contributed by atoms with Crippen molar-refractivity contribution in [2.24, 2.45) is 0 Å². The molecule has 8 heteroatoms. The van der Waals surface area contributed by atoms with Gasteiger partial charge in [0.05, 0.1) is 10.9 Å². The molecule has 0 spiro atoms. The molecule has 4 aromatic rings. The molecule has 2 aromatic heterocycles. The second-order valence-corrected chi connectivity index (χ2v) is 8.12. The van der Waals surface area contributed by atoms with Crippen molar-refractivity contribution in [1.82, 2.24) is 9.66 Å². The van der Waals surface area contributed by atoms with Crippen LogP contribution in [0.5, 0.6) is 0 Å². The van der Waals surface area contributed by atoms with E-state index in [1.54, 1.807) is 0 Å². The van der Waals surface area contributed by atoms with E-state index in [1.165, 1.54) is 29.8 Å². The van der Waals surface area contributed by atoms with E-state index in [0.29, 0.717) is 14.7 Å².